The summed E-state index contributed by atoms with van der Waals surface area (Å²) in [6, 6.07) is 45.5. The average Bonchev–Trinajstić information content (AvgIpc) is 3.16. The third kappa shape index (κ3) is 5.26. The maximum atomic E-state index is 13.5. The first-order valence-corrected chi connectivity index (χ1v) is 16.0. The number of para-hydroxylation sites is 6. The topological polar surface area (TPSA) is 37.8 Å². The first-order chi connectivity index (χ1) is 24.4. The molecule has 0 amide bonds. The van der Waals surface area contributed by atoms with E-state index in [0.29, 0.717) is 28.3 Å². The summed E-state index contributed by atoms with van der Waals surface area (Å²) < 4.78 is 51.8. The third-order valence-corrected chi connectivity index (χ3v) is 9.00. The van der Waals surface area contributed by atoms with E-state index in [1.54, 1.807) is 14.2 Å². The van der Waals surface area contributed by atoms with Crippen LogP contribution in [0.3, 0.4) is 0 Å². The number of hydrogen-bond acceptors (Lipinski definition) is 5. The number of benzene rings is 6. The Kier molecular flexibility index (Phi) is 7.64. The lowest BCUT2D eigenvalue weighted by Crippen LogP contribution is -2.24. The number of aromatic nitrogens is 1. The van der Waals surface area contributed by atoms with Gasteiger partial charge in [0.2, 0.25) is 0 Å². The molecule has 0 radical (unpaired) electrons. The van der Waals surface area contributed by atoms with Gasteiger partial charge in [-0.1, -0.05) is 72.8 Å². The smallest absolute Gasteiger partial charge is 0.416 e. The van der Waals surface area contributed by atoms with Crippen LogP contribution in [-0.4, -0.2) is 19.2 Å². The van der Waals surface area contributed by atoms with Crippen molar-refractivity contribution in [2.24, 2.45) is 0 Å². The Morgan fingerprint density at radius 3 is 1.68 bits per heavy atom. The Hall–Kier alpha value is -6.28. The summed E-state index contributed by atoms with van der Waals surface area (Å²) in [5.41, 5.74) is 8.51. The van der Waals surface area contributed by atoms with E-state index in [2.05, 4.69) is 46.2 Å². The van der Waals surface area contributed by atoms with Crippen LogP contribution in [0.2, 0.25) is 0 Å². The largest absolute Gasteiger partial charge is 0.493 e. The Morgan fingerprint density at radius 2 is 1.08 bits per heavy atom. The molecule has 0 saturated carbocycles. The molecule has 8 rings (SSSR count). The number of halogens is 3. The Labute approximate surface area is 287 Å². The van der Waals surface area contributed by atoms with Gasteiger partial charge in [-0.05, 0) is 83.9 Å². The van der Waals surface area contributed by atoms with E-state index in [1.165, 1.54) is 12.1 Å². The van der Waals surface area contributed by atoms with Crippen LogP contribution in [0.25, 0.3) is 33.3 Å². The fourth-order valence-electron chi connectivity index (χ4n) is 6.69. The molecule has 7 aromatic rings. The molecular weight excluding hydrogens is 635 g/mol. The van der Waals surface area contributed by atoms with E-state index in [9.17, 15) is 13.2 Å². The van der Waals surface area contributed by atoms with Crippen LogP contribution < -0.4 is 19.3 Å². The van der Waals surface area contributed by atoms with E-state index >= 15 is 0 Å². The average molecular weight is 666 g/mol. The lowest BCUT2D eigenvalue weighted by Gasteiger charge is -2.40. The van der Waals surface area contributed by atoms with Gasteiger partial charge in [-0.3, -0.25) is 0 Å². The maximum absolute atomic E-state index is 13.5. The first kappa shape index (κ1) is 31.0. The third-order valence-electron chi connectivity index (χ3n) is 9.00. The van der Waals surface area contributed by atoms with Crippen molar-refractivity contribution in [3.05, 3.63) is 151 Å². The summed E-state index contributed by atoms with van der Waals surface area (Å²) in [6.45, 7) is 0. The van der Waals surface area contributed by atoms with Crippen LogP contribution in [-0.2, 0) is 6.18 Å². The van der Waals surface area contributed by atoms with E-state index in [-0.39, 0.29) is 0 Å². The van der Waals surface area contributed by atoms with Gasteiger partial charge >= 0.3 is 6.18 Å². The highest BCUT2D eigenvalue weighted by Gasteiger charge is 2.32. The second kappa shape index (κ2) is 12.3. The summed E-state index contributed by atoms with van der Waals surface area (Å²) >= 11 is 0. The molecule has 1 aliphatic heterocycles. The molecule has 0 spiro atoms. The van der Waals surface area contributed by atoms with E-state index < -0.39 is 11.7 Å². The van der Waals surface area contributed by atoms with Crippen LogP contribution in [0.1, 0.15) is 5.56 Å². The van der Waals surface area contributed by atoms with Crippen LogP contribution in [0.4, 0.5) is 47.3 Å². The van der Waals surface area contributed by atoms with Crippen molar-refractivity contribution in [2.45, 2.75) is 6.18 Å². The number of fused-ring (bicyclic) bond motifs is 3. The molecule has 1 aliphatic rings. The van der Waals surface area contributed by atoms with Crippen molar-refractivity contribution in [3.63, 3.8) is 0 Å². The lowest BCUT2D eigenvalue weighted by atomic mass is 9.96. The minimum absolute atomic E-state index is 0.535. The molecule has 5 nitrogen and oxygen atoms in total. The number of nitrogens with zero attached hydrogens (tertiary/aromatic N) is 3. The van der Waals surface area contributed by atoms with Gasteiger partial charge in [0.25, 0.3) is 0 Å². The molecule has 0 atom stereocenters. The van der Waals surface area contributed by atoms with E-state index in [0.717, 1.165) is 62.8 Å². The fraction of sp³-hybridized carbons (Fsp3) is 0.0714. The summed E-state index contributed by atoms with van der Waals surface area (Å²) in [5, 5.41) is 0.867. The zero-order valence-corrected chi connectivity index (χ0v) is 27.1. The summed E-state index contributed by atoms with van der Waals surface area (Å²) in [5.74, 6) is 1.14. The SMILES string of the molecule is COc1ccc(-c2cc(-c3ccc(C(F)(F)F)cc3)nc3c(N4c5ccccc5N(c5ccccc5)c5ccccc54)cccc23)cc1OC. The van der Waals surface area contributed by atoms with Crippen molar-refractivity contribution in [2.75, 3.05) is 24.0 Å². The minimum Gasteiger partial charge on any atom is -0.493 e. The lowest BCUT2D eigenvalue weighted by molar-refractivity contribution is -0.137. The van der Waals surface area contributed by atoms with Gasteiger partial charge < -0.3 is 19.3 Å². The summed E-state index contributed by atoms with van der Waals surface area (Å²) in [4.78, 5) is 9.67. The molecule has 0 unspecified atom stereocenters. The number of methoxy groups -OCH3 is 2. The summed E-state index contributed by atoms with van der Waals surface area (Å²) in [6.07, 6.45) is -4.45. The monoisotopic (exact) mass is 665 g/mol. The van der Waals surface area contributed by atoms with E-state index in [4.69, 9.17) is 14.5 Å². The van der Waals surface area contributed by atoms with Crippen LogP contribution >= 0.6 is 0 Å². The molecule has 8 heteroatoms. The molecule has 0 fully saturated rings. The van der Waals surface area contributed by atoms with Gasteiger partial charge in [0.15, 0.2) is 11.5 Å². The fourth-order valence-corrected chi connectivity index (χ4v) is 6.69. The van der Waals surface area contributed by atoms with E-state index in [1.807, 2.05) is 84.9 Å². The Bertz CT molecular complexity index is 2310. The maximum Gasteiger partial charge on any atom is 0.416 e. The Balaban J connectivity index is 1.40. The Morgan fingerprint density at radius 1 is 0.520 bits per heavy atom. The quantitative estimate of drug-likeness (QED) is 0.177. The van der Waals surface area contributed by atoms with Gasteiger partial charge in [0.05, 0.1) is 59.4 Å². The number of anilines is 6. The zero-order valence-electron chi connectivity index (χ0n) is 27.1. The first-order valence-electron chi connectivity index (χ1n) is 16.0. The standard InChI is InChI=1S/C42H30F3N3O2/c1-49-39-24-21-28(25-40(39)50-2)32-26-33(27-19-22-29(23-20-27)42(43,44)45)46-41-31(32)13-10-18-38(41)48-36-16-8-6-14-34(36)47(30-11-4-3-5-12-30)35-15-7-9-17-37(35)48/h3-26H,1-2H3. The highest BCUT2D eigenvalue weighted by Crippen LogP contribution is 2.55. The van der Waals surface area contributed by atoms with Crippen molar-refractivity contribution in [3.8, 4) is 33.9 Å². The molecule has 0 bridgehead atoms. The molecule has 0 saturated heterocycles. The molecule has 0 N–H and O–H groups in total. The number of rotatable bonds is 6. The number of ether oxygens (including phenoxy) is 2. The predicted octanol–water partition coefficient (Wildman–Crippen LogP) is 11.9. The number of hydrogen-bond donors (Lipinski definition) is 0. The highest BCUT2D eigenvalue weighted by atomic mass is 19.4. The van der Waals surface area contributed by atoms with Gasteiger partial charge in [-0.2, -0.15) is 13.2 Å². The van der Waals surface area contributed by atoms with Crippen LogP contribution in [0, 0.1) is 0 Å². The molecule has 6 aromatic carbocycles. The van der Waals surface area contributed by atoms with Gasteiger partial charge in [-0.15, -0.1) is 0 Å². The van der Waals surface area contributed by atoms with Gasteiger partial charge in [-0.25, -0.2) is 4.98 Å². The molecule has 246 valence electrons. The highest BCUT2D eigenvalue weighted by molar-refractivity contribution is 6.09. The molecule has 2 heterocycles. The van der Waals surface area contributed by atoms with Crippen molar-refractivity contribution >= 4 is 45.0 Å². The number of pyridine rings is 1. The molecule has 50 heavy (non-hydrogen) atoms. The second-order valence-corrected chi connectivity index (χ2v) is 11.9. The zero-order chi connectivity index (χ0) is 34.4. The van der Waals surface area contributed by atoms with Crippen molar-refractivity contribution in [1.82, 2.24) is 4.98 Å². The molecule has 0 aliphatic carbocycles. The second-order valence-electron chi connectivity index (χ2n) is 11.9. The minimum atomic E-state index is -4.45. The number of alkyl halides is 3. The molecular formula is C42H30F3N3O2. The van der Waals surface area contributed by atoms with Crippen LogP contribution in [0.5, 0.6) is 11.5 Å². The normalized spacial score (nSPS) is 12.4. The van der Waals surface area contributed by atoms with Gasteiger partial charge in [0.1, 0.15) is 0 Å². The summed E-state index contributed by atoms with van der Waals surface area (Å²) in [7, 11) is 3.17. The molecule has 1 aromatic heterocycles. The van der Waals surface area contributed by atoms with Gasteiger partial charge in [0, 0.05) is 16.6 Å². The van der Waals surface area contributed by atoms with Crippen molar-refractivity contribution < 1.29 is 22.6 Å². The predicted molar refractivity (Wildman–Crippen MR) is 194 cm³/mol. The van der Waals surface area contributed by atoms with Crippen LogP contribution in [0.15, 0.2) is 146 Å². The van der Waals surface area contributed by atoms with Crippen molar-refractivity contribution in [1.29, 1.82) is 0 Å².